The molecule has 0 fully saturated rings. The van der Waals surface area contributed by atoms with Gasteiger partial charge in [0.1, 0.15) is 17.4 Å². The van der Waals surface area contributed by atoms with Crippen LogP contribution >= 0.6 is 13.5 Å². The van der Waals surface area contributed by atoms with Crippen molar-refractivity contribution in [1.29, 1.82) is 0 Å². The number of likely N-dealkylation sites (N-methyl/N-ethyl adjacent to an activating group) is 1. The lowest BCUT2D eigenvalue weighted by atomic mass is 10.2. The van der Waals surface area contributed by atoms with Crippen molar-refractivity contribution in [2.75, 3.05) is 22.6 Å². The van der Waals surface area contributed by atoms with Gasteiger partial charge in [0.05, 0.1) is 18.9 Å². The predicted octanol–water partition coefficient (Wildman–Crippen LogP) is 2.64. The summed E-state index contributed by atoms with van der Waals surface area (Å²) in [7, 11) is 1.48. The Morgan fingerprint density at radius 1 is 1.22 bits per heavy atom. The van der Waals surface area contributed by atoms with Crippen LogP contribution in [-0.4, -0.2) is 43.7 Å². The highest BCUT2D eigenvalue weighted by atomic mass is 32.1. The van der Waals surface area contributed by atoms with E-state index in [0.29, 0.717) is 11.3 Å². The van der Waals surface area contributed by atoms with Crippen LogP contribution in [0.4, 0.5) is 30.6 Å². The number of nitrogens with one attached hydrogen (secondary N) is 2. The number of hydrogen-bond donors (Lipinski definition) is 2. The lowest BCUT2D eigenvalue weighted by Gasteiger charge is -2.31. The van der Waals surface area contributed by atoms with Gasteiger partial charge in [-0.15, -0.1) is 0 Å². The highest BCUT2D eigenvalue weighted by Gasteiger charge is 2.32. The molecule has 2 N–H and O–H groups in total. The molecule has 0 bridgehead atoms. The number of anilines is 3. The molecule has 32 heavy (non-hydrogen) atoms. The highest BCUT2D eigenvalue weighted by molar-refractivity contribution is 7.59. The first-order valence-electron chi connectivity index (χ1n) is 10.6. The molecule has 13 heteroatoms. The van der Waals surface area contributed by atoms with Crippen molar-refractivity contribution in [1.82, 2.24) is 24.7 Å². The van der Waals surface area contributed by atoms with Crippen molar-refractivity contribution in [3.8, 4) is 0 Å². The SMILES string of the molecule is S.[2H]C([2H])([2H])[C@H]1C(=O)Nc2cnc(NCc3cnn(Cc4ccc(C(F)(F)F)nc4)c3)nc2N1C. The van der Waals surface area contributed by atoms with E-state index < -0.39 is 30.7 Å². The van der Waals surface area contributed by atoms with Crippen molar-refractivity contribution in [3.63, 3.8) is 0 Å². The van der Waals surface area contributed by atoms with Crippen LogP contribution in [0.25, 0.3) is 0 Å². The summed E-state index contributed by atoms with van der Waals surface area (Å²) in [5.41, 5.74) is 0.657. The first-order chi connectivity index (χ1) is 15.9. The van der Waals surface area contributed by atoms with E-state index >= 15 is 0 Å². The molecule has 1 amide bonds. The van der Waals surface area contributed by atoms with Crippen molar-refractivity contribution < 1.29 is 22.1 Å². The van der Waals surface area contributed by atoms with Gasteiger partial charge in [-0.05, 0) is 18.5 Å². The molecule has 1 atom stereocenters. The summed E-state index contributed by atoms with van der Waals surface area (Å²) in [5, 5.41) is 9.71. The lowest BCUT2D eigenvalue weighted by molar-refractivity contribution is -0.141. The number of nitrogens with zero attached hydrogens (tertiary/aromatic N) is 6. The number of rotatable bonds is 5. The van der Waals surface area contributed by atoms with Crippen molar-refractivity contribution in [2.45, 2.75) is 32.2 Å². The quantitative estimate of drug-likeness (QED) is 0.593. The van der Waals surface area contributed by atoms with Crippen LogP contribution in [0.3, 0.4) is 0 Å². The second-order valence-corrected chi connectivity index (χ2v) is 6.88. The van der Waals surface area contributed by atoms with Crippen LogP contribution < -0.4 is 15.5 Å². The van der Waals surface area contributed by atoms with E-state index in [0.717, 1.165) is 17.8 Å². The Balaban J connectivity index is 0.00000342. The Hall–Kier alpha value is -3.35. The molecule has 0 unspecified atom stereocenters. The summed E-state index contributed by atoms with van der Waals surface area (Å²) >= 11 is 0. The van der Waals surface area contributed by atoms with Crippen LogP contribution in [-0.2, 0) is 24.1 Å². The van der Waals surface area contributed by atoms with Gasteiger partial charge in [0.25, 0.3) is 0 Å². The number of pyridine rings is 1. The maximum Gasteiger partial charge on any atom is 0.433 e. The van der Waals surface area contributed by atoms with E-state index in [4.69, 9.17) is 4.11 Å². The molecule has 1 aliphatic heterocycles. The Morgan fingerprint density at radius 3 is 2.72 bits per heavy atom. The smallest absolute Gasteiger partial charge is 0.350 e. The van der Waals surface area contributed by atoms with E-state index in [-0.39, 0.29) is 38.4 Å². The van der Waals surface area contributed by atoms with Gasteiger partial charge in [0, 0.05) is 35.7 Å². The molecular weight excluding hydrogens is 445 g/mol. The largest absolute Gasteiger partial charge is 0.433 e. The maximum absolute atomic E-state index is 12.6. The molecule has 0 spiro atoms. The van der Waals surface area contributed by atoms with Gasteiger partial charge in [-0.3, -0.25) is 14.5 Å². The molecule has 170 valence electrons. The number of fused-ring (bicyclic) bond motifs is 1. The van der Waals surface area contributed by atoms with Gasteiger partial charge in [-0.25, -0.2) is 4.98 Å². The third-order valence-electron chi connectivity index (χ3n) is 4.59. The Bertz CT molecular complexity index is 1200. The normalized spacial score (nSPS) is 17.4. The van der Waals surface area contributed by atoms with Gasteiger partial charge < -0.3 is 15.5 Å². The topological polar surface area (TPSA) is 101 Å². The Morgan fingerprint density at radius 2 is 2.03 bits per heavy atom. The van der Waals surface area contributed by atoms with Crippen molar-refractivity contribution >= 4 is 36.9 Å². The fourth-order valence-electron chi connectivity index (χ4n) is 2.95. The summed E-state index contributed by atoms with van der Waals surface area (Å²) in [4.78, 5) is 25.3. The zero-order valence-corrected chi connectivity index (χ0v) is 17.7. The molecule has 0 aliphatic carbocycles. The molecule has 3 aromatic rings. The monoisotopic (exact) mass is 469 g/mol. The number of hydrogen-bond acceptors (Lipinski definition) is 7. The number of carbonyl (C=O) groups is 1. The molecule has 4 rings (SSSR count). The molecule has 0 saturated carbocycles. The van der Waals surface area contributed by atoms with Crippen LogP contribution in [0, 0.1) is 0 Å². The number of aromatic nitrogens is 5. The minimum absolute atomic E-state index is 0. The lowest BCUT2D eigenvalue weighted by Crippen LogP contribution is -2.44. The van der Waals surface area contributed by atoms with Gasteiger partial charge >= 0.3 is 6.18 Å². The minimum Gasteiger partial charge on any atom is -0.350 e. The fourth-order valence-corrected chi connectivity index (χ4v) is 2.95. The first kappa shape index (κ1) is 19.3. The molecular formula is C19H21F3N8OS. The Labute approximate surface area is 192 Å². The van der Waals surface area contributed by atoms with Gasteiger partial charge in [0.2, 0.25) is 11.9 Å². The predicted molar refractivity (Wildman–Crippen MR) is 117 cm³/mol. The molecule has 1 aliphatic rings. The van der Waals surface area contributed by atoms with Crippen molar-refractivity contribution in [3.05, 3.63) is 53.7 Å². The molecule has 4 heterocycles. The molecule has 0 saturated heterocycles. The fraction of sp³-hybridized carbons (Fsp3) is 0.316. The second-order valence-electron chi connectivity index (χ2n) is 6.88. The number of halogens is 3. The summed E-state index contributed by atoms with van der Waals surface area (Å²) in [5.74, 6) is -0.176. The van der Waals surface area contributed by atoms with Crippen LogP contribution in [0.5, 0.6) is 0 Å². The molecule has 0 aromatic carbocycles. The molecule has 9 nitrogen and oxygen atoms in total. The van der Waals surface area contributed by atoms with Crippen molar-refractivity contribution in [2.24, 2.45) is 0 Å². The Kier molecular flexibility index (Phi) is 5.45. The van der Waals surface area contributed by atoms with E-state index in [1.807, 2.05) is 0 Å². The third-order valence-corrected chi connectivity index (χ3v) is 4.59. The average molecular weight is 470 g/mol. The third kappa shape index (κ3) is 4.93. The zero-order valence-electron chi connectivity index (χ0n) is 19.7. The summed E-state index contributed by atoms with van der Waals surface area (Å²) in [6, 6.07) is 0.893. The number of amides is 1. The number of alkyl halides is 3. The summed E-state index contributed by atoms with van der Waals surface area (Å²) < 4.78 is 62.3. The van der Waals surface area contributed by atoms with Gasteiger partial charge in [-0.2, -0.15) is 36.7 Å². The zero-order chi connectivity index (χ0) is 24.7. The average Bonchev–Trinajstić information content (AvgIpc) is 3.18. The van der Waals surface area contributed by atoms with Gasteiger partial charge in [0.15, 0.2) is 5.82 Å². The first-order valence-corrected chi connectivity index (χ1v) is 9.10. The minimum atomic E-state index is -4.49. The van der Waals surface area contributed by atoms with Crippen LogP contribution in [0.15, 0.2) is 36.9 Å². The molecule has 0 radical (unpaired) electrons. The standard InChI is InChI=1S/C19H19F3N8O.H2S/c1-11-17(31)27-14-8-25-18(28-16(14)29(11)2)24-6-13-7-26-30(10-13)9-12-3-4-15(23-5-12)19(20,21)22;/h3-5,7-8,10-11H,6,9H2,1-2H3,(H,27,31)(H,24,25,28);1H2/t11-;/m0./s1/i1D3;. The number of carbonyl (C=O) groups excluding carboxylic acids is 1. The highest BCUT2D eigenvalue weighted by Crippen LogP contribution is 2.29. The summed E-state index contributed by atoms with van der Waals surface area (Å²) in [6.07, 6.45) is 1.34. The summed E-state index contributed by atoms with van der Waals surface area (Å²) in [6.45, 7) is -2.02. The van der Waals surface area contributed by atoms with E-state index in [1.54, 1.807) is 17.1 Å². The second kappa shape index (κ2) is 9.02. The van der Waals surface area contributed by atoms with Crippen LogP contribution in [0.2, 0.25) is 0 Å². The van der Waals surface area contributed by atoms with Gasteiger partial charge in [-0.1, -0.05) is 6.07 Å². The van der Waals surface area contributed by atoms with E-state index in [2.05, 4.69) is 30.7 Å². The molecule has 3 aromatic heterocycles. The van der Waals surface area contributed by atoms with E-state index in [9.17, 15) is 18.0 Å². The van der Waals surface area contributed by atoms with Crippen LogP contribution in [0.1, 0.15) is 27.8 Å². The maximum atomic E-state index is 12.6. The van der Waals surface area contributed by atoms with E-state index in [1.165, 1.54) is 24.2 Å².